The number of carboxylic acid groups (broad SMARTS) is 1. The summed E-state index contributed by atoms with van der Waals surface area (Å²) in [4.78, 5) is 15.2. The number of nitrogens with zero attached hydrogens (tertiary/aromatic N) is 1. The first-order valence-corrected chi connectivity index (χ1v) is 5.65. The molecule has 2 aromatic rings. The fraction of sp³-hybridized carbons (Fsp3) is 0.333. The van der Waals surface area contributed by atoms with Crippen molar-refractivity contribution in [2.24, 2.45) is 5.92 Å². The highest BCUT2D eigenvalue weighted by atomic mass is 35.5. The fourth-order valence-corrected chi connectivity index (χ4v) is 1.70. The molecule has 1 aromatic carbocycles. The van der Waals surface area contributed by atoms with Crippen molar-refractivity contribution in [3.05, 3.63) is 29.1 Å². The Hall–Kier alpha value is -1.55. The van der Waals surface area contributed by atoms with Crippen molar-refractivity contribution >= 4 is 28.7 Å². The molecule has 2 rings (SSSR count). The van der Waals surface area contributed by atoms with Crippen LogP contribution in [0.3, 0.4) is 0 Å². The normalized spacial score (nSPS) is 14.8. The van der Waals surface area contributed by atoms with Crippen LogP contribution in [0.4, 0.5) is 0 Å². The molecule has 1 N–H and O–H groups in total. The van der Waals surface area contributed by atoms with Crippen molar-refractivity contribution in [3.63, 3.8) is 0 Å². The number of rotatable bonds is 3. The lowest BCUT2D eigenvalue weighted by Crippen LogP contribution is -2.16. The number of hydrogen-bond donors (Lipinski definition) is 1. The van der Waals surface area contributed by atoms with Crippen molar-refractivity contribution in [1.29, 1.82) is 0 Å². The summed E-state index contributed by atoms with van der Waals surface area (Å²) in [6, 6.07) is 5.15. The van der Waals surface area contributed by atoms with Gasteiger partial charge in [-0.3, -0.25) is 4.79 Å². The van der Waals surface area contributed by atoms with Gasteiger partial charge < -0.3 is 9.52 Å². The van der Waals surface area contributed by atoms with Gasteiger partial charge in [-0.05, 0) is 12.1 Å². The maximum Gasteiger partial charge on any atom is 0.307 e. The van der Waals surface area contributed by atoms with Crippen LogP contribution in [-0.2, 0) is 4.79 Å². The Labute approximate surface area is 103 Å². The highest BCUT2D eigenvalue weighted by Gasteiger charge is 2.25. The largest absolute Gasteiger partial charge is 0.481 e. The molecule has 90 valence electrons. The second kappa shape index (κ2) is 4.37. The van der Waals surface area contributed by atoms with Crippen LogP contribution in [0.15, 0.2) is 22.6 Å². The summed E-state index contributed by atoms with van der Waals surface area (Å²) < 4.78 is 5.52. The molecule has 2 atom stereocenters. The van der Waals surface area contributed by atoms with E-state index in [0.717, 1.165) is 0 Å². The summed E-state index contributed by atoms with van der Waals surface area (Å²) in [5, 5.41) is 9.51. The van der Waals surface area contributed by atoms with Gasteiger partial charge >= 0.3 is 5.97 Å². The van der Waals surface area contributed by atoms with Crippen LogP contribution in [0.5, 0.6) is 0 Å². The van der Waals surface area contributed by atoms with Gasteiger partial charge in [-0.25, -0.2) is 4.98 Å². The Morgan fingerprint density at radius 2 is 2.18 bits per heavy atom. The van der Waals surface area contributed by atoms with Crippen LogP contribution in [0.2, 0.25) is 5.02 Å². The third-order valence-corrected chi connectivity index (χ3v) is 3.13. The summed E-state index contributed by atoms with van der Waals surface area (Å²) in [7, 11) is 0. The zero-order chi connectivity index (χ0) is 12.6. The molecule has 2 unspecified atom stereocenters. The minimum absolute atomic E-state index is 0.279. The second-order valence-corrected chi connectivity index (χ2v) is 4.52. The fourth-order valence-electron chi connectivity index (χ4n) is 1.54. The monoisotopic (exact) mass is 253 g/mol. The van der Waals surface area contributed by atoms with Crippen LogP contribution >= 0.6 is 11.6 Å². The molecular formula is C12H12ClNO3. The van der Waals surface area contributed by atoms with E-state index in [4.69, 9.17) is 21.1 Å². The predicted octanol–water partition coefficient (Wildman–Crippen LogP) is 3.31. The molecule has 0 bridgehead atoms. The van der Waals surface area contributed by atoms with Crippen molar-refractivity contribution in [1.82, 2.24) is 4.98 Å². The van der Waals surface area contributed by atoms with Crippen molar-refractivity contribution in [2.75, 3.05) is 0 Å². The molecule has 4 nitrogen and oxygen atoms in total. The molecule has 0 radical (unpaired) electrons. The molecule has 0 fully saturated rings. The molecule has 0 aliphatic rings. The van der Waals surface area contributed by atoms with Crippen LogP contribution in [0, 0.1) is 5.92 Å². The third-order valence-electron chi connectivity index (χ3n) is 2.90. The van der Waals surface area contributed by atoms with Crippen molar-refractivity contribution in [2.45, 2.75) is 19.8 Å². The molecule has 0 aliphatic heterocycles. The van der Waals surface area contributed by atoms with E-state index >= 15 is 0 Å². The Morgan fingerprint density at radius 1 is 1.47 bits per heavy atom. The number of halogens is 1. The van der Waals surface area contributed by atoms with E-state index in [0.29, 0.717) is 22.0 Å². The zero-order valence-electron chi connectivity index (χ0n) is 9.48. The molecule has 0 aliphatic carbocycles. The van der Waals surface area contributed by atoms with Gasteiger partial charge in [0.1, 0.15) is 5.52 Å². The van der Waals surface area contributed by atoms with Gasteiger partial charge in [-0.15, -0.1) is 0 Å². The third kappa shape index (κ3) is 2.26. The smallest absolute Gasteiger partial charge is 0.307 e. The van der Waals surface area contributed by atoms with E-state index in [9.17, 15) is 4.79 Å². The minimum Gasteiger partial charge on any atom is -0.481 e. The van der Waals surface area contributed by atoms with Crippen LogP contribution in [0.1, 0.15) is 25.7 Å². The molecule has 17 heavy (non-hydrogen) atoms. The average molecular weight is 254 g/mol. The van der Waals surface area contributed by atoms with Gasteiger partial charge in [0.25, 0.3) is 0 Å². The highest BCUT2D eigenvalue weighted by molar-refractivity contribution is 6.31. The number of carboxylic acids is 1. The quantitative estimate of drug-likeness (QED) is 0.912. The maximum absolute atomic E-state index is 10.9. The van der Waals surface area contributed by atoms with Gasteiger partial charge in [0, 0.05) is 17.0 Å². The van der Waals surface area contributed by atoms with Gasteiger partial charge in [-0.1, -0.05) is 25.4 Å². The Kier molecular flexibility index (Phi) is 3.07. The lowest BCUT2D eigenvalue weighted by atomic mass is 9.96. The molecule has 1 aromatic heterocycles. The number of carbonyl (C=O) groups is 1. The first-order valence-electron chi connectivity index (χ1n) is 5.28. The lowest BCUT2D eigenvalue weighted by molar-refractivity contribution is -0.141. The summed E-state index contributed by atoms with van der Waals surface area (Å²) >= 11 is 5.84. The number of benzene rings is 1. The van der Waals surface area contributed by atoms with Crippen LogP contribution in [-0.4, -0.2) is 16.1 Å². The summed E-state index contributed by atoms with van der Waals surface area (Å²) in [6.07, 6.45) is 0. The van der Waals surface area contributed by atoms with E-state index in [2.05, 4.69) is 4.98 Å². The molecule has 5 heteroatoms. The van der Waals surface area contributed by atoms with E-state index in [-0.39, 0.29) is 5.92 Å². The second-order valence-electron chi connectivity index (χ2n) is 4.08. The van der Waals surface area contributed by atoms with Crippen molar-refractivity contribution < 1.29 is 14.3 Å². The summed E-state index contributed by atoms with van der Waals surface area (Å²) in [6.45, 7) is 3.42. The number of hydrogen-bond acceptors (Lipinski definition) is 3. The van der Waals surface area contributed by atoms with Gasteiger partial charge in [0.2, 0.25) is 0 Å². The van der Waals surface area contributed by atoms with Gasteiger partial charge in [0.05, 0.1) is 5.92 Å². The highest BCUT2D eigenvalue weighted by Crippen LogP contribution is 2.28. The molecule has 0 spiro atoms. The van der Waals surface area contributed by atoms with E-state index in [1.54, 1.807) is 32.0 Å². The van der Waals surface area contributed by atoms with Gasteiger partial charge in [0.15, 0.2) is 11.5 Å². The van der Waals surface area contributed by atoms with E-state index < -0.39 is 11.9 Å². The molecular weight excluding hydrogens is 242 g/mol. The van der Waals surface area contributed by atoms with E-state index in [1.807, 2.05) is 0 Å². The van der Waals surface area contributed by atoms with E-state index in [1.165, 1.54) is 0 Å². The SMILES string of the molecule is CC(C(=O)O)C(C)c1nc2ccc(Cl)cc2o1. The van der Waals surface area contributed by atoms with Crippen LogP contribution < -0.4 is 0 Å². The summed E-state index contributed by atoms with van der Waals surface area (Å²) in [5.74, 6) is -1.26. The number of aromatic nitrogens is 1. The predicted molar refractivity (Wildman–Crippen MR) is 64.2 cm³/mol. The standard InChI is InChI=1S/C12H12ClNO3/c1-6(7(2)12(15)16)11-14-9-4-3-8(13)5-10(9)17-11/h3-7H,1-2H3,(H,15,16). The number of oxazole rings is 1. The van der Waals surface area contributed by atoms with Crippen molar-refractivity contribution in [3.8, 4) is 0 Å². The molecule has 0 saturated heterocycles. The molecule has 0 amide bonds. The Balaban J connectivity index is 2.39. The molecule has 1 heterocycles. The zero-order valence-corrected chi connectivity index (χ0v) is 10.2. The number of aliphatic carboxylic acids is 1. The summed E-state index contributed by atoms with van der Waals surface area (Å²) in [5.41, 5.74) is 1.27. The maximum atomic E-state index is 10.9. The lowest BCUT2D eigenvalue weighted by Gasteiger charge is -2.11. The first kappa shape index (κ1) is 11.9. The minimum atomic E-state index is -0.863. The topological polar surface area (TPSA) is 63.3 Å². The average Bonchev–Trinajstić information content (AvgIpc) is 2.69. The van der Waals surface area contributed by atoms with Gasteiger partial charge in [-0.2, -0.15) is 0 Å². The Bertz CT molecular complexity index is 564. The number of fused-ring (bicyclic) bond motifs is 1. The first-order chi connectivity index (χ1) is 7.99. The Morgan fingerprint density at radius 3 is 2.82 bits per heavy atom. The van der Waals surface area contributed by atoms with Crippen LogP contribution in [0.25, 0.3) is 11.1 Å². The molecule has 0 saturated carbocycles.